The van der Waals surface area contributed by atoms with Crippen molar-refractivity contribution in [2.24, 2.45) is 0 Å². The average Bonchev–Trinajstić information content (AvgIpc) is 2.45. The molecule has 0 bridgehead atoms. The van der Waals surface area contributed by atoms with Gasteiger partial charge in [0.1, 0.15) is 5.75 Å². The first-order valence-corrected chi connectivity index (χ1v) is 8.15. The monoisotopic (exact) mass is 357 g/mol. The van der Waals surface area contributed by atoms with Crippen molar-refractivity contribution in [1.29, 1.82) is 0 Å². The summed E-state index contributed by atoms with van der Waals surface area (Å²) in [6.45, 7) is 8.98. The number of carbonyl (C=O) groups is 1. The summed E-state index contributed by atoms with van der Waals surface area (Å²) in [5.41, 5.74) is 1.03. The van der Waals surface area contributed by atoms with Crippen LogP contribution in [0.15, 0.2) is 22.7 Å². The molecule has 0 radical (unpaired) electrons. The molecular weight excluding hydrogens is 334 g/mol. The van der Waals surface area contributed by atoms with E-state index in [4.69, 9.17) is 9.47 Å². The second-order valence-corrected chi connectivity index (χ2v) is 5.79. The number of ether oxygens (including phenoxy) is 2. The fourth-order valence-corrected chi connectivity index (χ4v) is 2.28. The van der Waals surface area contributed by atoms with Crippen molar-refractivity contribution in [3.63, 3.8) is 0 Å². The Morgan fingerprint density at radius 1 is 1.33 bits per heavy atom. The maximum Gasteiger partial charge on any atom is 0.347 e. The van der Waals surface area contributed by atoms with Crippen LogP contribution >= 0.6 is 15.9 Å². The predicted molar refractivity (Wildman–Crippen MR) is 87.6 cm³/mol. The Kier molecular flexibility index (Phi) is 7.75. The highest BCUT2D eigenvalue weighted by Gasteiger charge is 2.19. The van der Waals surface area contributed by atoms with Gasteiger partial charge in [-0.15, -0.1) is 0 Å². The highest BCUT2D eigenvalue weighted by atomic mass is 79.9. The molecule has 0 amide bonds. The van der Waals surface area contributed by atoms with E-state index in [0.717, 1.165) is 23.0 Å². The van der Waals surface area contributed by atoms with Gasteiger partial charge in [0, 0.05) is 16.1 Å². The van der Waals surface area contributed by atoms with Gasteiger partial charge in [0.25, 0.3) is 0 Å². The topological polar surface area (TPSA) is 47.6 Å². The third-order valence-corrected chi connectivity index (χ3v) is 3.56. The average molecular weight is 358 g/mol. The van der Waals surface area contributed by atoms with Crippen LogP contribution in [-0.2, 0) is 9.53 Å². The van der Waals surface area contributed by atoms with Gasteiger partial charge in [-0.25, -0.2) is 4.79 Å². The van der Waals surface area contributed by atoms with Crippen LogP contribution in [0.5, 0.6) is 5.75 Å². The molecule has 1 aromatic rings. The number of hydrogen-bond donors (Lipinski definition) is 1. The van der Waals surface area contributed by atoms with Gasteiger partial charge in [0.05, 0.1) is 6.61 Å². The summed E-state index contributed by atoms with van der Waals surface area (Å²) < 4.78 is 11.7. The molecule has 0 aromatic heterocycles. The summed E-state index contributed by atoms with van der Waals surface area (Å²) >= 11 is 3.44. The van der Waals surface area contributed by atoms with Crippen molar-refractivity contribution in [2.45, 2.75) is 46.3 Å². The number of esters is 1. The van der Waals surface area contributed by atoms with Crippen LogP contribution in [0, 0.1) is 0 Å². The van der Waals surface area contributed by atoms with Crippen LogP contribution in [0.1, 0.15) is 45.7 Å². The van der Waals surface area contributed by atoms with Gasteiger partial charge < -0.3 is 14.8 Å². The van der Waals surface area contributed by atoms with Crippen molar-refractivity contribution in [1.82, 2.24) is 5.32 Å². The Morgan fingerprint density at radius 3 is 2.67 bits per heavy atom. The van der Waals surface area contributed by atoms with E-state index >= 15 is 0 Å². The van der Waals surface area contributed by atoms with Crippen molar-refractivity contribution in [3.8, 4) is 5.75 Å². The fraction of sp³-hybridized carbons (Fsp3) is 0.562. The van der Waals surface area contributed by atoms with Crippen molar-refractivity contribution in [2.75, 3.05) is 13.2 Å². The smallest absolute Gasteiger partial charge is 0.347 e. The van der Waals surface area contributed by atoms with Crippen LogP contribution in [0.25, 0.3) is 0 Å². The Labute approximate surface area is 135 Å². The number of nitrogens with one attached hydrogen (secondary N) is 1. The molecular formula is C16H24BrNO3. The van der Waals surface area contributed by atoms with Crippen LogP contribution < -0.4 is 10.1 Å². The minimum Gasteiger partial charge on any atom is -0.479 e. The standard InChI is InChI=1S/C16H24BrNO3/c1-5-9-18-11(3)14-8-7-13(17)10-15(14)21-12(4)16(19)20-6-2/h7-8,10-12,18H,5-6,9H2,1-4H3. The molecule has 2 unspecified atom stereocenters. The van der Waals surface area contributed by atoms with E-state index in [9.17, 15) is 4.79 Å². The molecule has 0 saturated carbocycles. The lowest BCUT2D eigenvalue weighted by Gasteiger charge is -2.21. The Morgan fingerprint density at radius 2 is 2.05 bits per heavy atom. The Hall–Kier alpha value is -1.07. The van der Waals surface area contributed by atoms with Gasteiger partial charge in [-0.1, -0.05) is 28.9 Å². The quantitative estimate of drug-likeness (QED) is 0.718. The number of carbonyl (C=O) groups excluding carboxylic acids is 1. The van der Waals surface area contributed by atoms with Crippen LogP contribution in [0.3, 0.4) is 0 Å². The normalized spacial score (nSPS) is 13.6. The highest BCUT2D eigenvalue weighted by Crippen LogP contribution is 2.29. The van der Waals surface area contributed by atoms with Crippen molar-refractivity contribution >= 4 is 21.9 Å². The zero-order chi connectivity index (χ0) is 15.8. The van der Waals surface area contributed by atoms with E-state index in [-0.39, 0.29) is 12.0 Å². The molecule has 0 saturated heterocycles. The molecule has 118 valence electrons. The number of hydrogen-bond acceptors (Lipinski definition) is 4. The van der Waals surface area contributed by atoms with E-state index in [1.807, 2.05) is 18.2 Å². The molecule has 0 heterocycles. The second-order valence-electron chi connectivity index (χ2n) is 4.87. The SMILES string of the molecule is CCCNC(C)c1ccc(Br)cc1OC(C)C(=O)OCC. The minimum absolute atomic E-state index is 0.155. The van der Waals surface area contributed by atoms with Crippen molar-refractivity contribution < 1.29 is 14.3 Å². The maximum atomic E-state index is 11.7. The van der Waals surface area contributed by atoms with Gasteiger partial charge in [-0.2, -0.15) is 0 Å². The summed E-state index contributed by atoms with van der Waals surface area (Å²) in [6.07, 6.45) is 0.437. The molecule has 1 N–H and O–H groups in total. The Balaban J connectivity index is 2.88. The first-order valence-electron chi connectivity index (χ1n) is 7.35. The molecule has 0 aliphatic heterocycles. The summed E-state index contributed by atoms with van der Waals surface area (Å²) in [5.74, 6) is 0.346. The predicted octanol–water partition coefficient (Wildman–Crippen LogP) is 3.84. The molecule has 0 aliphatic rings. The lowest BCUT2D eigenvalue weighted by Crippen LogP contribution is -2.27. The summed E-state index contributed by atoms with van der Waals surface area (Å²) in [6, 6.07) is 6.02. The lowest BCUT2D eigenvalue weighted by molar-refractivity contribution is -0.150. The Bertz CT molecular complexity index is 465. The van der Waals surface area contributed by atoms with E-state index in [0.29, 0.717) is 12.4 Å². The van der Waals surface area contributed by atoms with E-state index in [1.54, 1.807) is 13.8 Å². The molecule has 1 rings (SSSR count). The van der Waals surface area contributed by atoms with Crippen LogP contribution in [0.4, 0.5) is 0 Å². The van der Waals surface area contributed by atoms with E-state index in [1.165, 1.54) is 0 Å². The highest BCUT2D eigenvalue weighted by molar-refractivity contribution is 9.10. The molecule has 4 nitrogen and oxygen atoms in total. The van der Waals surface area contributed by atoms with Crippen LogP contribution in [-0.4, -0.2) is 25.2 Å². The zero-order valence-corrected chi connectivity index (χ0v) is 14.7. The van der Waals surface area contributed by atoms with Gasteiger partial charge in [-0.3, -0.25) is 0 Å². The summed E-state index contributed by atoms with van der Waals surface area (Å²) in [7, 11) is 0. The summed E-state index contributed by atoms with van der Waals surface area (Å²) in [4.78, 5) is 11.7. The van der Waals surface area contributed by atoms with Gasteiger partial charge in [0.2, 0.25) is 0 Å². The van der Waals surface area contributed by atoms with Gasteiger partial charge in [0.15, 0.2) is 6.10 Å². The van der Waals surface area contributed by atoms with Crippen LogP contribution in [0.2, 0.25) is 0 Å². The maximum absolute atomic E-state index is 11.7. The molecule has 5 heteroatoms. The molecule has 0 spiro atoms. The lowest BCUT2D eigenvalue weighted by atomic mass is 10.1. The van der Waals surface area contributed by atoms with Crippen molar-refractivity contribution in [3.05, 3.63) is 28.2 Å². The van der Waals surface area contributed by atoms with E-state index < -0.39 is 6.10 Å². The summed E-state index contributed by atoms with van der Waals surface area (Å²) in [5, 5.41) is 3.42. The number of rotatable bonds is 8. The van der Waals surface area contributed by atoms with Gasteiger partial charge >= 0.3 is 5.97 Å². The van der Waals surface area contributed by atoms with Gasteiger partial charge in [-0.05, 0) is 45.9 Å². The largest absolute Gasteiger partial charge is 0.479 e. The third kappa shape index (κ3) is 5.67. The minimum atomic E-state index is -0.628. The third-order valence-electron chi connectivity index (χ3n) is 3.06. The molecule has 0 fully saturated rings. The molecule has 21 heavy (non-hydrogen) atoms. The first kappa shape index (κ1) is 18.0. The molecule has 1 aromatic carbocycles. The van der Waals surface area contributed by atoms with E-state index in [2.05, 4.69) is 35.1 Å². The fourth-order valence-electron chi connectivity index (χ4n) is 1.94. The zero-order valence-electron chi connectivity index (χ0n) is 13.1. The second kappa shape index (κ2) is 9.05. The molecule has 2 atom stereocenters. The number of halogens is 1. The molecule has 0 aliphatic carbocycles. The number of benzene rings is 1. The first-order chi connectivity index (χ1) is 9.99.